The van der Waals surface area contributed by atoms with Crippen molar-refractivity contribution in [3.8, 4) is 5.75 Å². The van der Waals surface area contributed by atoms with Crippen molar-refractivity contribution in [2.24, 2.45) is 17.3 Å². The van der Waals surface area contributed by atoms with E-state index in [1.165, 1.54) is 56.2 Å². The topological polar surface area (TPSA) is 32.7 Å². The lowest BCUT2D eigenvalue weighted by Gasteiger charge is -2.49. The number of phenols is 1. The Morgan fingerprint density at radius 3 is 2.93 bits per heavy atom. The zero-order valence-electron chi connectivity index (χ0n) is 17.5. The number of allylic oxidation sites excluding steroid dienone is 1. The number of rotatable bonds is 3. The van der Waals surface area contributed by atoms with Crippen LogP contribution in [0.4, 0.5) is 0 Å². The highest BCUT2D eigenvalue weighted by Crippen LogP contribution is 2.62. The van der Waals surface area contributed by atoms with E-state index in [1.807, 2.05) is 12.1 Å². The van der Waals surface area contributed by atoms with Crippen LogP contribution < -0.4 is 0 Å². The monoisotopic (exact) mass is 381 g/mol. The molecule has 152 valence electrons. The molecule has 3 nitrogen and oxygen atoms in total. The number of likely N-dealkylation sites (N-methyl/N-ethyl adjacent to an activating group) is 1. The van der Waals surface area contributed by atoms with Crippen molar-refractivity contribution >= 4 is 0 Å². The fourth-order valence-electron chi connectivity index (χ4n) is 7.07. The molecule has 2 saturated carbocycles. The van der Waals surface area contributed by atoms with Gasteiger partial charge in [0.25, 0.3) is 0 Å². The number of phenolic OH excluding ortho intramolecular Hbond substituents is 1. The molecular formula is C25H35NO2. The smallest absolute Gasteiger partial charge is 0.115 e. The molecule has 0 unspecified atom stereocenters. The first-order valence-electron chi connectivity index (χ1n) is 11.4. The van der Waals surface area contributed by atoms with Crippen LogP contribution in [0.15, 0.2) is 29.8 Å². The third kappa shape index (κ3) is 3.11. The molecule has 0 amide bonds. The summed E-state index contributed by atoms with van der Waals surface area (Å²) in [5, 5.41) is 9.86. The van der Waals surface area contributed by atoms with E-state index in [-0.39, 0.29) is 0 Å². The Morgan fingerprint density at radius 1 is 1.21 bits per heavy atom. The highest BCUT2D eigenvalue weighted by atomic mass is 16.5. The minimum absolute atomic E-state index is 0.380. The summed E-state index contributed by atoms with van der Waals surface area (Å²) in [6, 6.07) is 6.12. The Morgan fingerprint density at radius 2 is 2.11 bits per heavy atom. The van der Waals surface area contributed by atoms with Crippen molar-refractivity contribution in [3.05, 3.63) is 41.0 Å². The number of hydrogen-bond donors (Lipinski definition) is 1. The van der Waals surface area contributed by atoms with Crippen molar-refractivity contribution in [2.45, 2.75) is 63.9 Å². The van der Waals surface area contributed by atoms with Gasteiger partial charge in [0.1, 0.15) is 5.75 Å². The lowest BCUT2D eigenvalue weighted by Crippen LogP contribution is -2.40. The SMILES string of the molecule is CN1CC[C@@H](OCC=C2CC[C@H]3[C@@H]4CCc5cc(O)ccc5[C@H]4CC[C@]23C)C1. The number of nitrogens with zero attached hydrogens (tertiary/aromatic N) is 1. The summed E-state index contributed by atoms with van der Waals surface area (Å²) >= 11 is 0. The first-order chi connectivity index (χ1) is 13.5. The summed E-state index contributed by atoms with van der Waals surface area (Å²) in [5.41, 5.74) is 4.99. The number of likely N-dealkylation sites (tertiary alicyclic amines) is 1. The molecule has 0 spiro atoms. The third-order valence-electron chi connectivity index (χ3n) is 8.57. The highest BCUT2D eigenvalue weighted by molar-refractivity contribution is 5.40. The summed E-state index contributed by atoms with van der Waals surface area (Å²) < 4.78 is 6.18. The first kappa shape index (κ1) is 18.7. The van der Waals surface area contributed by atoms with Crippen LogP contribution in [0, 0.1) is 17.3 Å². The fraction of sp³-hybridized carbons (Fsp3) is 0.680. The molecule has 1 heterocycles. The van der Waals surface area contributed by atoms with Crippen LogP contribution >= 0.6 is 0 Å². The maximum atomic E-state index is 9.86. The van der Waals surface area contributed by atoms with E-state index in [2.05, 4.69) is 31.0 Å². The molecule has 0 radical (unpaired) electrons. The van der Waals surface area contributed by atoms with Gasteiger partial charge in [0.05, 0.1) is 12.7 Å². The molecule has 1 N–H and O–H groups in total. The van der Waals surface area contributed by atoms with Gasteiger partial charge in [-0.15, -0.1) is 0 Å². The van der Waals surface area contributed by atoms with Gasteiger partial charge in [-0.05, 0) is 98.4 Å². The van der Waals surface area contributed by atoms with Gasteiger partial charge in [-0.2, -0.15) is 0 Å². The van der Waals surface area contributed by atoms with Crippen molar-refractivity contribution in [2.75, 3.05) is 26.7 Å². The molecule has 3 fully saturated rings. The molecule has 0 bridgehead atoms. The summed E-state index contributed by atoms with van der Waals surface area (Å²) in [4.78, 5) is 2.37. The zero-order chi connectivity index (χ0) is 19.3. The van der Waals surface area contributed by atoms with E-state index in [9.17, 15) is 5.11 Å². The number of benzene rings is 1. The van der Waals surface area contributed by atoms with E-state index in [0.29, 0.717) is 23.2 Å². The standard InChI is InChI=1S/C25H35NO2/c1-25-12-9-22-21-7-5-19(27)15-17(21)3-6-23(22)24(25)8-4-18(25)11-14-28-20-10-13-26(2)16-20/h5,7,11,15,20,22-24,27H,3-4,6,8-10,12-14,16H2,1-2H3/t20-,22-,23-,24+,25-/m1/s1. The lowest BCUT2D eigenvalue weighted by molar-refractivity contribution is 0.0732. The molecule has 5 atom stereocenters. The van der Waals surface area contributed by atoms with Crippen LogP contribution in [0.1, 0.15) is 62.5 Å². The second kappa shape index (κ2) is 7.18. The van der Waals surface area contributed by atoms with E-state index in [4.69, 9.17) is 4.74 Å². The molecule has 1 aromatic rings. The van der Waals surface area contributed by atoms with Gasteiger partial charge >= 0.3 is 0 Å². The van der Waals surface area contributed by atoms with Crippen LogP contribution in [0.25, 0.3) is 0 Å². The van der Waals surface area contributed by atoms with Gasteiger partial charge < -0.3 is 14.7 Å². The first-order valence-corrected chi connectivity index (χ1v) is 11.4. The largest absolute Gasteiger partial charge is 0.508 e. The number of hydrogen-bond acceptors (Lipinski definition) is 3. The number of ether oxygens (including phenoxy) is 1. The van der Waals surface area contributed by atoms with Crippen LogP contribution in [0.2, 0.25) is 0 Å². The predicted molar refractivity (Wildman–Crippen MR) is 113 cm³/mol. The van der Waals surface area contributed by atoms with Crippen molar-refractivity contribution < 1.29 is 9.84 Å². The van der Waals surface area contributed by atoms with E-state index < -0.39 is 0 Å². The number of aromatic hydroxyl groups is 1. The minimum Gasteiger partial charge on any atom is -0.508 e. The molecule has 0 aromatic heterocycles. The third-order valence-corrected chi connectivity index (χ3v) is 8.57. The summed E-state index contributed by atoms with van der Waals surface area (Å²) in [7, 11) is 2.19. The Hall–Kier alpha value is -1.32. The summed E-state index contributed by atoms with van der Waals surface area (Å²) in [6.07, 6.45) is 11.7. The minimum atomic E-state index is 0.380. The Labute approximate surface area is 169 Å². The summed E-state index contributed by atoms with van der Waals surface area (Å²) in [5.74, 6) is 2.76. The van der Waals surface area contributed by atoms with Crippen LogP contribution in [-0.4, -0.2) is 42.9 Å². The average Bonchev–Trinajstić information content (AvgIpc) is 3.24. The summed E-state index contributed by atoms with van der Waals surface area (Å²) in [6.45, 7) is 5.60. The maximum Gasteiger partial charge on any atom is 0.115 e. The second-order valence-electron chi connectivity index (χ2n) is 10.0. The average molecular weight is 382 g/mol. The quantitative estimate of drug-likeness (QED) is 0.756. The molecule has 3 aliphatic carbocycles. The van der Waals surface area contributed by atoms with Crippen LogP contribution in [-0.2, 0) is 11.2 Å². The Kier molecular flexibility index (Phi) is 4.79. The predicted octanol–water partition coefficient (Wildman–Crippen LogP) is 4.90. The normalized spacial score (nSPS) is 39.0. The molecule has 28 heavy (non-hydrogen) atoms. The molecule has 1 saturated heterocycles. The van der Waals surface area contributed by atoms with E-state index in [1.54, 1.807) is 5.57 Å². The second-order valence-corrected chi connectivity index (χ2v) is 10.0. The van der Waals surface area contributed by atoms with E-state index >= 15 is 0 Å². The van der Waals surface area contributed by atoms with Crippen molar-refractivity contribution in [1.29, 1.82) is 0 Å². The molecule has 4 aliphatic rings. The Bertz CT molecular complexity index is 772. The van der Waals surface area contributed by atoms with Gasteiger partial charge in [0.15, 0.2) is 0 Å². The number of fused-ring (bicyclic) bond motifs is 5. The molecular weight excluding hydrogens is 346 g/mol. The van der Waals surface area contributed by atoms with Gasteiger partial charge in [-0.3, -0.25) is 0 Å². The molecule has 3 heteroatoms. The van der Waals surface area contributed by atoms with Gasteiger partial charge in [0, 0.05) is 13.1 Å². The number of aryl methyl sites for hydroxylation is 1. The Balaban J connectivity index is 1.30. The highest BCUT2D eigenvalue weighted by Gasteiger charge is 2.52. The molecule has 5 rings (SSSR count). The van der Waals surface area contributed by atoms with Gasteiger partial charge in [-0.1, -0.05) is 24.6 Å². The van der Waals surface area contributed by atoms with Crippen LogP contribution in [0.3, 0.4) is 0 Å². The van der Waals surface area contributed by atoms with Crippen molar-refractivity contribution in [3.63, 3.8) is 0 Å². The van der Waals surface area contributed by atoms with Crippen LogP contribution in [0.5, 0.6) is 5.75 Å². The zero-order valence-corrected chi connectivity index (χ0v) is 17.5. The fourth-order valence-corrected chi connectivity index (χ4v) is 7.07. The van der Waals surface area contributed by atoms with Gasteiger partial charge in [-0.25, -0.2) is 0 Å². The molecule has 1 aromatic carbocycles. The van der Waals surface area contributed by atoms with Gasteiger partial charge in [0.2, 0.25) is 0 Å². The maximum absolute atomic E-state index is 9.86. The van der Waals surface area contributed by atoms with Crippen molar-refractivity contribution in [1.82, 2.24) is 4.90 Å². The van der Waals surface area contributed by atoms with E-state index in [0.717, 1.165) is 31.4 Å². The molecule has 1 aliphatic heterocycles. The lowest BCUT2D eigenvalue weighted by atomic mass is 9.55.